The first-order chi connectivity index (χ1) is 12.0. The lowest BCUT2D eigenvalue weighted by Gasteiger charge is -2.17. The van der Waals surface area contributed by atoms with E-state index in [0.717, 1.165) is 5.56 Å². The Morgan fingerprint density at radius 2 is 1.92 bits per heavy atom. The van der Waals surface area contributed by atoms with E-state index in [2.05, 4.69) is 0 Å². The molecule has 1 unspecified atom stereocenters. The van der Waals surface area contributed by atoms with E-state index >= 15 is 0 Å². The number of benzene rings is 2. The molecular formula is C19H21NO4S. The van der Waals surface area contributed by atoms with Crippen molar-refractivity contribution < 1.29 is 17.9 Å². The minimum absolute atomic E-state index is 0.0818. The van der Waals surface area contributed by atoms with E-state index in [4.69, 9.17) is 4.74 Å². The fourth-order valence-corrected chi connectivity index (χ4v) is 4.67. The topological polar surface area (TPSA) is 63.7 Å². The molecule has 25 heavy (non-hydrogen) atoms. The molecule has 1 amide bonds. The second kappa shape index (κ2) is 7.27. The predicted molar refractivity (Wildman–Crippen MR) is 95.3 cm³/mol. The molecule has 3 rings (SSSR count). The number of rotatable bonds is 5. The highest BCUT2D eigenvalue weighted by Gasteiger charge is 2.36. The lowest BCUT2D eigenvalue weighted by Crippen LogP contribution is -2.35. The van der Waals surface area contributed by atoms with E-state index in [-0.39, 0.29) is 19.1 Å². The van der Waals surface area contributed by atoms with Crippen molar-refractivity contribution in [2.24, 2.45) is 0 Å². The van der Waals surface area contributed by atoms with Crippen LogP contribution < -0.4 is 4.74 Å². The Labute approximate surface area is 148 Å². The summed E-state index contributed by atoms with van der Waals surface area (Å²) >= 11 is 0. The van der Waals surface area contributed by atoms with Gasteiger partial charge in [-0.05, 0) is 43.2 Å². The molecule has 0 N–H and O–H groups in total. The number of aryl methyl sites for hydroxylation is 1. The summed E-state index contributed by atoms with van der Waals surface area (Å²) in [7, 11) is -3.41. The molecule has 1 heterocycles. The van der Waals surface area contributed by atoms with Gasteiger partial charge < -0.3 is 9.64 Å². The van der Waals surface area contributed by atoms with Crippen LogP contribution in [0.2, 0.25) is 0 Å². The van der Waals surface area contributed by atoms with Gasteiger partial charge in [0.2, 0.25) is 0 Å². The van der Waals surface area contributed by atoms with Crippen LogP contribution in [0, 0.1) is 6.92 Å². The summed E-state index contributed by atoms with van der Waals surface area (Å²) in [4.78, 5) is 14.2. The minimum atomic E-state index is -3.41. The average molecular weight is 359 g/mol. The van der Waals surface area contributed by atoms with Gasteiger partial charge >= 0.3 is 0 Å². The van der Waals surface area contributed by atoms with E-state index in [0.29, 0.717) is 23.6 Å². The molecule has 2 aromatic carbocycles. The Morgan fingerprint density at radius 3 is 2.64 bits per heavy atom. The van der Waals surface area contributed by atoms with Gasteiger partial charge in [0.05, 0.1) is 10.1 Å². The summed E-state index contributed by atoms with van der Waals surface area (Å²) in [6.07, 6.45) is 0.452. The maximum Gasteiger partial charge on any atom is 0.260 e. The summed E-state index contributed by atoms with van der Waals surface area (Å²) in [5.74, 6) is 0.452. The maximum atomic E-state index is 12.7. The molecule has 1 atom stereocenters. The van der Waals surface area contributed by atoms with Crippen molar-refractivity contribution in [2.75, 3.05) is 19.7 Å². The number of hydrogen-bond donors (Lipinski definition) is 0. The number of carbonyl (C=O) groups excluding carboxylic acids is 1. The Bertz CT molecular complexity index is 849. The monoisotopic (exact) mass is 359 g/mol. The molecule has 0 aliphatic carbocycles. The van der Waals surface area contributed by atoms with Crippen LogP contribution in [-0.2, 0) is 14.6 Å². The van der Waals surface area contributed by atoms with Crippen molar-refractivity contribution in [1.29, 1.82) is 0 Å². The van der Waals surface area contributed by atoms with E-state index in [1.807, 2.05) is 25.1 Å². The third-order valence-electron chi connectivity index (χ3n) is 4.36. The zero-order valence-corrected chi connectivity index (χ0v) is 14.9. The van der Waals surface area contributed by atoms with Crippen molar-refractivity contribution in [3.63, 3.8) is 0 Å². The van der Waals surface area contributed by atoms with Gasteiger partial charge in [-0.15, -0.1) is 0 Å². The average Bonchev–Trinajstić information content (AvgIpc) is 3.11. The molecule has 6 heteroatoms. The van der Waals surface area contributed by atoms with Crippen molar-refractivity contribution in [1.82, 2.24) is 4.90 Å². The zero-order chi connectivity index (χ0) is 17.9. The number of nitrogens with zero attached hydrogens (tertiary/aromatic N) is 1. The summed E-state index contributed by atoms with van der Waals surface area (Å²) in [6, 6.07) is 15.9. The van der Waals surface area contributed by atoms with Crippen LogP contribution >= 0.6 is 0 Å². The third kappa shape index (κ3) is 4.02. The molecule has 1 fully saturated rings. The second-order valence-corrected chi connectivity index (χ2v) is 8.44. The van der Waals surface area contributed by atoms with Crippen LogP contribution in [0.5, 0.6) is 5.75 Å². The molecule has 0 aromatic heterocycles. The molecule has 0 saturated carbocycles. The Morgan fingerprint density at radius 1 is 1.16 bits per heavy atom. The van der Waals surface area contributed by atoms with Crippen LogP contribution in [0.4, 0.5) is 0 Å². The molecular weight excluding hydrogens is 338 g/mol. The lowest BCUT2D eigenvalue weighted by atomic mass is 10.2. The smallest absolute Gasteiger partial charge is 0.260 e. The Hall–Kier alpha value is -2.34. The van der Waals surface area contributed by atoms with Crippen LogP contribution in [-0.4, -0.2) is 44.2 Å². The fourth-order valence-electron chi connectivity index (χ4n) is 2.95. The normalized spacial score (nSPS) is 17.5. The quantitative estimate of drug-likeness (QED) is 0.823. The van der Waals surface area contributed by atoms with Gasteiger partial charge in [0.1, 0.15) is 5.75 Å². The maximum absolute atomic E-state index is 12.7. The van der Waals surface area contributed by atoms with E-state index in [1.54, 1.807) is 41.3 Å². The molecule has 1 aliphatic rings. The SMILES string of the molecule is Cc1cccc(OCC(=O)N2CCC(S(=O)(=O)c3ccccc3)C2)c1. The molecule has 5 nitrogen and oxygen atoms in total. The summed E-state index contributed by atoms with van der Waals surface area (Å²) in [5, 5.41) is -0.558. The van der Waals surface area contributed by atoms with Crippen molar-refractivity contribution in [2.45, 2.75) is 23.5 Å². The minimum Gasteiger partial charge on any atom is -0.484 e. The standard InChI is InChI=1S/C19H21NO4S/c1-15-6-5-7-16(12-15)24-14-19(21)20-11-10-18(13-20)25(22,23)17-8-3-2-4-9-17/h2-9,12,18H,10-11,13-14H2,1H3. The van der Waals surface area contributed by atoms with E-state index in [9.17, 15) is 13.2 Å². The van der Waals surface area contributed by atoms with Crippen molar-refractivity contribution in [3.05, 3.63) is 60.2 Å². The number of hydrogen-bond acceptors (Lipinski definition) is 4. The summed E-state index contributed by atoms with van der Waals surface area (Å²) in [5.41, 5.74) is 1.06. The van der Waals surface area contributed by atoms with Crippen LogP contribution in [0.25, 0.3) is 0 Å². The highest BCUT2D eigenvalue weighted by Crippen LogP contribution is 2.24. The largest absolute Gasteiger partial charge is 0.484 e. The predicted octanol–water partition coefficient (Wildman–Crippen LogP) is 2.45. The molecule has 0 spiro atoms. The number of amides is 1. The van der Waals surface area contributed by atoms with Crippen LogP contribution in [0.15, 0.2) is 59.5 Å². The molecule has 1 saturated heterocycles. The first-order valence-corrected chi connectivity index (χ1v) is 9.77. The van der Waals surface area contributed by atoms with Gasteiger partial charge in [-0.1, -0.05) is 30.3 Å². The summed E-state index contributed by atoms with van der Waals surface area (Å²) in [6.45, 7) is 2.52. The van der Waals surface area contributed by atoms with Crippen molar-refractivity contribution >= 4 is 15.7 Å². The second-order valence-electron chi connectivity index (χ2n) is 6.21. The third-order valence-corrected chi connectivity index (χ3v) is 6.55. The molecule has 1 aliphatic heterocycles. The molecule has 2 aromatic rings. The van der Waals surface area contributed by atoms with Gasteiger partial charge in [0.25, 0.3) is 5.91 Å². The lowest BCUT2D eigenvalue weighted by molar-refractivity contribution is -0.132. The highest BCUT2D eigenvalue weighted by atomic mass is 32.2. The zero-order valence-electron chi connectivity index (χ0n) is 14.1. The highest BCUT2D eigenvalue weighted by molar-refractivity contribution is 7.92. The van der Waals surface area contributed by atoms with Gasteiger partial charge in [-0.3, -0.25) is 4.79 Å². The van der Waals surface area contributed by atoms with E-state index in [1.165, 1.54) is 0 Å². The van der Waals surface area contributed by atoms with Crippen molar-refractivity contribution in [3.8, 4) is 5.75 Å². The first kappa shape index (κ1) is 17.5. The van der Waals surface area contributed by atoms with Crippen LogP contribution in [0.1, 0.15) is 12.0 Å². The summed E-state index contributed by atoms with van der Waals surface area (Å²) < 4.78 is 30.8. The molecule has 0 radical (unpaired) electrons. The number of ether oxygens (including phenoxy) is 1. The Balaban J connectivity index is 1.60. The first-order valence-electron chi connectivity index (χ1n) is 8.23. The Kier molecular flexibility index (Phi) is 5.08. The number of sulfone groups is 1. The fraction of sp³-hybridized carbons (Fsp3) is 0.316. The number of likely N-dealkylation sites (tertiary alicyclic amines) is 1. The molecule has 0 bridgehead atoms. The van der Waals surface area contributed by atoms with Gasteiger partial charge in [0, 0.05) is 13.1 Å². The van der Waals surface area contributed by atoms with Crippen LogP contribution in [0.3, 0.4) is 0 Å². The van der Waals surface area contributed by atoms with Gasteiger partial charge in [0.15, 0.2) is 16.4 Å². The van der Waals surface area contributed by atoms with Gasteiger partial charge in [-0.25, -0.2) is 8.42 Å². The molecule has 132 valence electrons. The number of carbonyl (C=O) groups is 1. The van der Waals surface area contributed by atoms with E-state index < -0.39 is 15.1 Å². The van der Waals surface area contributed by atoms with Gasteiger partial charge in [-0.2, -0.15) is 0 Å².